The second-order valence-corrected chi connectivity index (χ2v) is 7.60. The fourth-order valence-corrected chi connectivity index (χ4v) is 3.55. The van der Waals surface area contributed by atoms with Gasteiger partial charge in [-0.1, -0.05) is 6.07 Å². The molecule has 9 heteroatoms. The Morgan fingerprint density at radius 3 is 2.93 bits per heavy atom. The molecule has 0 aliphatic heterocycles. The summed E-state index contributed by atoms with van der Waals surface area (Å²) in [5, 5.41) is 23.4. The predicted octanol–water partition coefficient (Wildman–Crippen LogP) is 2.98. The minimum Gasteiger partial charge on any atom is -0.491 e. The maximum Gasteiger partial charge on any atom is 0.259 e. The van der Waals surface area contributed by atoms with Gasteiger partial charge in [0.15, 0.2) is 5.13 Å². The highest BCUT2D eigenvalue weighted by molar-refractivity contribution is 7.13. The van der Waals surface area contributed by atoms with Crippen molar-refractivity contribution in [3.05, 3.63) is 59.1 Å². The smallest absolute Gasteiger partial charge is 0.259 e. The third kappa shape index (κ3) is 4.18. The van der Waals surface area contributed by atoms with Gasteiger partial charge in [-0.3, -0.25) is 10.1 Å². The van der Waals surface area contributed by atoms with Crippen LogP contribution in [0.5, 0.6) is 5.75 Å². The predicted molar refractivity (Wildman–Crippen MR) is 115 cm³/mol. The van der Waals surface area contributed by atoms with Crippen LogP contribution in [0, 0.1) is 6.92 Å². The van der Waals surface area contributed by atoms with Crippen LogP contribution in [0.25, 0.3) is 22.4 Å². The first kappa shape index (κ1) is 20.0. The van der Waals surface area contributed by atoms with Crippen LogP contribution in [-0.2, 0) is 0 Å². The fourth-order valence-electron chi connectivity index (χ4n) is 3.03. The van der Waals surface area contributed by atoms with E-state index < -0.39 is 6.10 Å². The molecule has 0 spiro atoms. The zero-order valence-electron chi connectivity index (χ0n) is 16.1. The number of benzene rings is 2. The van der Waals surface area contributed by atoms with E-state index in [1.165, 1.54) is 11.3 Å². The molecule has 4 rings (SSSR count). The summed E-state index contributed by atoms with van der Waals surface area (Å²) in [6, 6.07) is 10.9. The number of carbonyl (C=O) groups excluding carboxylic acids is 1. The summed E-state index contributed by atoms with van der Waals surface area (Å²) in [6.07, 6.45) is 0.711. The van der Waals surface area contributed by atoms with Crippen LogP contribution in [0.4, 0.5) is 5.13 Å². The van der Waals surface area contributed by atoms with E-state index in [2.05, 4.69) is 20.3 Å². The lowest BCUT2D eigenvalue weighted by Gasteiger charge is -2.11. The number of rotatable bonds is 7. The molecule has 1 atom stereocenters. The number of aliphatic hydroxyl groups excluding tert-OH is 2. The van der Waals surface area contributed by atoms with Gasteiger partial charge < -0.3 is 19.9 Å². The first-order chi connectivity index (χ1) is 14.5. The van der Waals surface area contributed by atoms with Gasteiger partial charge in [-0.2, -0.15) is 0 Å². The Morgan fingerprint density at radius 2 is 2.20 bits per heavy atom. The number of hydrogen-bond donors (Lipinski definition) is 4. The molecule has 1 amide bonds. The number of para-hydroxylation sites is 1. The molecular formula is C21H20N4O4S. The van der Waals surface area contributed by atoms with E-state index in [4.69, 9.17) is 9.84 Å². The summed E-state index contributed by atoms with van der Waals surface area (Å²) >= 11 is 1.35. The lowest BCUT2D eigenvalue weighted by Crippen LogP contribution is -2.21. The van der Waals surface area contributed by atoms with Crippen LogP contribution >= 0.6 is 11.3 Å². The molecule has 0 fully saturated rings. The molecule has 0 aliphatic rings. The number of nitrogens with zero attached hydrogens (tertiary/aromatic N) is 2. The maximum atomic E-state index is 12.7. The molecule has 0 saturated heterocycles. The molecule has 0 bridgehead atoms. The second-order valence-electron chi connectivity index (χ2n) is 6.70. The molecule has 4 N–H and O–H groups in total. The van der Waals surface area contributed by atoms with Gasteiger partial charge in [-0.05, 0) is 42.8 Å². The zero-order valence-corrected chi connectivity index (χ0v) is 16.9. The second kappa shape index (κ2) is 8.62. The number of hydrogen-bond acceptors (Lipinski definition) is 7. The molecule has 4 aromatic rings. The van der Waals surface area contributed by atoms with Crippen molar-refractivity contribution in [3.8, 4) is 17.1 Å². The Hall–Kier alpha value is -3.27. The van der Waals surface area contributed by atoms with Crippen molar-refractivity contribution in [1.29, 1.82) is 0 Å². The highest BCUT2D eigenvalue weighted by Crippen LogP contribution is 2.28. The summed E-state index contributed by atoms with van der Waals surface area (Å²) in [5.74, 6) is 0.957. The number of aromatic amines is 1. The number of imidazole rings is 1. The lowest BCUT2D eigenvalue weighted by molar-refractivity contribution is 0.0536. The van der Waals surface area contributed by atoms with Crippen molar-refractivity contribution in [2.45, 2.75) is 13.0 Å². The number of nitrogens with one attached hydrogen (secondary N) is 2. The standard InChI is InChI=1S/C21H20N4O4S/c1-12-9-14(29-11-13(27)10-26)5-6-15(12)19-23-17-4-2-3-16(18(17)24-19)20(28)25-21-22-7-8-30-21/h2-9,13,26-27H,10-11H2,1H3,(H,23,24)(H,22,25,28)/t13-/m1/s1. The van der Waals surface area contributed by atoms with Gasteiger partial charge in [-0.15, -0.1) is 11.3 Å². The number of fused-ring (bicyclic) bond motifs is 1. The van der Waals surface area contributed by atoms with E-state index in [1.807, 2.05) is 25.1 Å². The lowest BCUT2D eigenvalue weighted by atomic mass is 10.1. The van der Waals surface area contributed by atoms with E-state index >= 15 is 0 Å². The molecule has 0 aliphatic carbocycles. The van der Waals surface area contributed by atoms with Crippen molar-refractivity contribution >= 4 is 33.4 Å². The van der Waals surface area contributed by atoms with Gasteiger partial charge in [0, 0.05) is 17.1 Å². The molecule has 0 radical (unpaired) electrons. The molecule has 8 nitrogen and oxygen atoms in total. The number of ether oxygens (including phenoxy) is 1. The van der Waals surface area contributed by atoms with E-state index in [-0.39, 0.29) is 19.1 Å². The maximum absolute atomic E-state index is 12.7. The van der Waals surface area contributed by atoms with Crippen molar-refractivity contribution in [1.82, 2.24) is 15.0 Å². The molecule has 0 saturated carbocycles. The van der Waals surface area contributed by atoms with Crippen molar-refractivity contribution in [2.75, 3.05) is 18.5 Å². The number of aromatic nitrogens is 3. The van der Waals surface area contributed by atoms with Crippen LogP contribution < -0.4 is 10.1 Å². The topological polar surface area (TPSA) is 120 Å². The van der Waals surface area contributed by atoms with Crippen LogP contribution in [0.1, 0.15) is 15.9 Å². The van der Waals surface area contributed by atoms with Gasteiger partial charge in [0.25, 0.3) is 5.91 Å². The first-order valence-corrected chi connectivity index (χ1v) is 10.2. The van der Waals surface area contributed by atoms with Crippen LogP contribution in [0.2, 0.25) is 0 Å². The third-order valence-electron chi connectivity index (χ3n) is 4.52. The monoisotopic (exact) mass is 424 g/mol. The Bertz CT molecular complexity index is 1170. The van der Waals surface area contributed by atoms with Gasteiger partial charge in [0.1, 0.15) is 29.8 Å². The highest BCUT2D eigenvalue weighted by Gasteiger charge is 2.16. The summed E-state index contributed by atoms with van der Waals surface area (Å²) in [6.45, 7) is 1.58. The Morgan fingerprint density at radius 1 is 1.33 bits per heavy atom. The molecule has 154 valence electrons. The SMILES string of the molecule is Cc1cc(OC[C@H](O)CO)ccc1-c1nc2c(C(=O)Nc3nccs3)cccc2[nH]1. The van der Waals surface area contributed by atoms with Gasteiger partial charge in [0.2, 0.25) is 0 Å². The Balaban J connectivity index is 1.61. The number of H-pyrrole nitrogens is 1. The largest absolute Gasteiger partial charge is 0.491 e. The molecule has 2 aromatic heterocycles. The molecule has 2 heterocycles. The Kier molecular flexibility index (Phi) is 5.75. The average Bonchev–Trinajstić information content (AvgIpc) is 3.41. The molecule has 0 unspecified atom stereocenters. The molecular weight excluding hydrogens is 404 g/mol. The number of carbonyl (C=O) groups is 1. The molecule has 30 heavy (non-hydrogen) atoms. The number of aryl methyl sites for hydroxylation is 1. The number of thiazole rings is 1. The van der Waals surface area contributed by atoms with Gasteiger partial charge in [0.05, 0.1) is 17.7 Å². The van der Waals surface area contributed by atoms with Crippen LogP contribution in [0.15, 0.2) is 48.0 Å². The number of aliphatic hydroxyl groups is 2. The summed E-state index contributed by atoms with van der Waals surface area (Å²) in [5.41, 5.74) is 3.57. The van der Waals surface area contributed by atoms with E-state index in [9.17, 15) is 9.90 Å². The average molecular weight is 424 g/mol. The number of anilines is 1. The normalized spacial score (nSPS) is 12.1. The zero-order chi connectivity index (χ0) is 21.1. The van der Waals surface area contributed by atoms with E-state index in [0.29, 0.717) is 27.8 Å². The van der Waals surface area contributed by atoms with Crippen molar-refractivity contribution < 1.29 is 19.7 Å². The van der Waals surface area contributed by atoms with Crippen LogP contribution in [0.3, 0.4) is 0 Å². The fraction of sp³-hybridized carbons (Fsp3) is 0.190. The Labute approximate surface area is 176 Å². The molecule has 2 aromatic carbocycles. The first-order valence-electron chi connectivity index (χ1n) is 9.27. The van der Waals surface area contributed by atoms with Crippen molar-refractivity contribution in [3.63, 3.8) is 0 Å². The highest BCUT2D eigenvalue weighted by atomic mass is 32.1. The summed E-state index contributed by atoms with van der Waals surface area (Å²) < 4.78 is 5.49. The van der Waals surface area contributed by atoms with Crippen LogP contribution in [-0.4, -0.2) is 50.4 Å². The minimum atomic E-state index is -0.922. The van der Waals surface area contributed by atoms with E-state index in [1.54, 1.807) is 29.8 Å². The van der Waals surface area contributed by atoms with E-state index in [0.717, 1.165) is 16.6 Å². The van der Waals surface area contributed by atoms with Gasteiger partial charge >= 0.3 is 0 Å². The third-order valence-corrected chi connectivity index (χ3v) is 5.20. The summed E-state index contributed by atoms with van der Waals surface area (Å²) in [4.78, 5) is 24.7. The number of amides is 1. The van der Waals surface area contributed by atoms with Crippen molar-refractivity contribution in [2.24, 2.45) is 0 Å². The quantitative estimate of drug-likeness (QED) is 0.362. The van der Waals surface area contributed by atoms with Gasteiger partial charge in [-0.25, -0.2) is 9.97 Å². The summed E-state index contributed by atoms with van der Waals surface area (Å²) in [7, 11) is 0. The minimum absolute atomic E-state index is 0.0114.